The van der Waals surface area contributed by atoms with E-state index in [2.05, 4.69) is 0 Å². The summed E-state index contributed by atoms with van der Waals surface area (Å²) in [5.41, 5.74) is 1.18. The number of anilines is 1. The van der Waals surface area contributed by atoms with Gasteiger partial charge in [0.2, 0.25) is 9.84 Å². The highest BCUT2D eigenvalue weighted by Crippen LogP contribution is 2.33. The topological polar surface area (TPSA) is 59.4 Å². The zero-order valence-electron chi connectivity index (χ0n) is 15.5. The van der Waals surface area contributed by atoms with Crippen LogP contribution < -0.4 is 10.6 Å². The fourth-order valence-corrected chi connectivity index (χ4v) is 5.72. The van der Waals surface area contributed by atoms with Crippen molar-refractivity contribution >= 4 is 26.3 Å². The third-order valence-corrected chi connectivity index (χ3v) is 7.18. The summed E-state index contributed by atoms with van der Waals surface area (Å²) < 4.78 is 28.8. The van der Waals surface area contributed by atoms with E-state index in [9.17, 15) is 13.2 Å². The van der Waals surface area contributed by atoms with Crippen molar-refractivity contribution < 1.29 is 8.42 Å². The average molecular weight is 402 g/mol. The maximum Gasteiger partial charge on any atom is 0.277 e. The summed E-state index contributed by atoms with van der Waals surface area (Å²) in [5.74, 6) is 0. The highest BCUT2D eigenvalue weighted by Gasteiger charge is 2.33. The minimum Gasteiger partial charge on any atom is -0.278 e. The van der Waals surface area contributed by atoms with E-state index in [-0.39, 0.29) is 15.4 Å². The summed E-state index contributed by atoms with van der Waals surface area (Å²) in [7, 11) is -3.80. The van der Waals surface area contributed by atoms with Crippen molar-refractivity contribution in [2.75, 3.05) is 11.6 Å². The molecule has 1 aliphatic rings. The first-order valence-electron chi connectivity index (χ1n) is 9.39. The molecule has 0 amide bonds. The van der Waals surface area contributed by atoms with Crippen LogP contribution in [0.5, 0.6) is 0 Å². The number of para-hydroxylation sites is 1. The second-order valence-corrected chi connectivity index (χ2v) is 8.85. The summed E-state index contributed by atoms with van der Waals surface area (Å²) in [6.45, 7) is 0.535. The van der Waals surface area contributed by atoms with Gasteiger partial charge < -0.3 is 0 Å². The van der Waals surface area contributed by atoms with Crippen molar-refractivity contribution in [3.63, 3.8) is 0 Å². The molecular weight excluding hydrogens is 384 g/mol. The number of pyridine rings is 1. The van der Waals surface area contributed by atoms with E-state index >= 15 is 0 Å². The fraction of sp³-hybridized carbons (Fsp3) is 0.0870. The Morgan fingerprint density at radius 1 is 0.724 bits per heavy atom. The van der Waals surface area contributed by atoms with Crippen molar-refractivity contribution in [3.05, 3.63) is 101 Å². The van der Waals surface area contributed by atoms with Gasteiger partial charge >= 0.3 is 0 Å². The van der Waals surface area contributed by atoms with Crippen molar-refractivity contribution in [2.45, 2.75) is 16.2 Å². The summed E-state index contributed by atoms with van der Waals surface area (Å²) in [5, 5.41) is 2.73. The van der Waals surface area contributed by atoms with Crippen LogP contribution in [0.15, 0.2) is 99.5 Å². The number of sulfone groups is 1. The van der Waals surface area contributed by atoms with Gasteiger partial charge in [-0.05, 0) is 30.3 Å². The van der Waals surface area contributed by atoms with Gasteiger partial charge in [0.25, 0.3) is 5.56 Å². The van der Waals surface area contributed by atoms with E-state index in [0.717, 1.165) is 5.69 Å². The Labute approximate surface area is 168 Å². The highest BCUT2D eigenvalue weighted by molar-refractivity contribution is 7.91. The molecule has 0 radical (unpaired) electrons. The Morgan fingerprint density at radius 2 is 1.31 bits per heavy atom. The molecule has 5 nitrogen and oxygen atoms in total. The first-order chi connectivity index (χ1) is 14.1. The van der Waals surface area contributed by atoms with Gasteiger partial charge in [-0.2, -0.15) is 0 Å². The van der Waals surface area contributed by atoms with Crippen LogP contribution in [-0.4, -0.2) is 19.6 Å². The number of benzene rings is 3. The van der Waals surface area contributed by atoms with Crippen LogP contribution in [0.25, 0.3) is 10.8 Å². The van der Waals surface area contributed by atoms with E-state index in [1.165, 1.54) is 4.68 Å². The fourth-order valence-electron chi connectivity index (χ4n) is 4.00. The number of hydrogen-bond donors (Lipinski definition) is 0. The van der Waals surface area contributed by atoms with Crippen LogP contribution in [0.4, 0.5) is 5.69 Å². The van der Waals surface area contributed by atoms with Crippen LogP contribution >= 0.6 is 0 Å². The monoisotopic (exact) mass is 402 g/mol. The van der Waals surface area contributed by atoms with Crippen LogP contribution in [0.1, 0.15) is 5.69 Å². The van der Waals surface area contributed by atoms with Crippen molar-refractivity contribution in [1.29, 1.82) is 0 Å². The van der Waals surface area contributed by atoms with Crippen LogP contribution in [0.2, 0.25) is 0 Å². The molecule has 5 rings (SSSR count). The maximum absolute atomic E-state index is 13.6. The van der Waals surface area contributed by atoms with Gasteiger partial charge in [-0.15, -0.1) is 0 Å². The second kappa shape index (κ2) is 6.60. The molecule has 29 heavy (non-hydrogen) atoms. The zero-order chi connectivity index (χ0) is 20.0. The van der Waals surface area contributed by atoms with Gasteiger partial charge in [0.1, 0.15) is 4.90 Å². The number of aromatic nitrogens is 1. The van der Waals surface area contributed by atoms with Crippen LogP contribution in [0, 0.1) is 0 Å². The first kappa shape index (κ1) is 17.7. The molecule has 0 aliphatic carbocycles. The summed E-state index contributed by atoms with van der Waals surface area (Å²) in [6.07, 6.45) is 0.469. The standard InChI is InChI=1S/C23H18N2O3S/c26-23-20-14-8-7-13-19(20)22(29(27,28)18-11-5-2-6-12-18)21-15-16-24(25(21)23)17-9-3-1-4-10-17/h1-14H,15-16H2. The molecule has 4 aromatic rings. The predicted octanol–water partition coefficient (Wildman–Crippen LogP) is 3.66. The molecule has 0 spiro atoms. The quantitative estimate of drug-likeness (QED) is 0.525. The van der Waals surface area contributed by atoms with Gasteiger partial charge in [0.05, 0.1) is 21.7 Å². The molecule has 0 bridgehead atoms. The zero-order valence-corrected chi connectivity index (χ0v) is 16.3. The highest BCUT2D eigenvalue weighted by atomic mass is 32.2. The molecule has 2 heterocycles. The van der Waals surface area contributed by atoms with E-state index in [1.807, 2.05) is 35.3 Å². The SMILES string of the molecule is O=c1c2ccccc2c(S(=O)(=O)c2ccccc2)c2n1N(c1ccccc1)CC2. The van der Waals surface area contributed by atoms with E-state index in [4.69, 9.17) is 0 Å². The molecule has 6 heteroatoms. The Bertz CT molecular complexity index is 1380. The molecule has 0 fully saturated rings. The molecule has 0 saturated heterocycles. The predicted molar refractivity (Wildman–Crippen MR) is 113 cm³/mol. The van der Waals surface area contributed by atoms with E-state index in [0.29, 0.717) is 29.4 Å². The Hall–Kier alpha value is -3.38. The van der Waals surface area contributed by atoms with E-state index in [1.54, 1.807) is 54.6 Å². The molecule has 0 unspecified atom stereocenters. The molecule has 3 aromatic carbocycles. The molecule has 0 N–H and O–H groups in total. The lowest BCUT2D eigenvalue weighted by Gasteiger charge is -2.23. The Kier molecular flexibility index (Phi) is 4.03. The molecule has 0 saturated carbocycles. The molecule has 1 aromatic heterocycles. The molecular formula is C23H18N2O3S. The largest absolute Gasteiger partial charge is 0.278 e. The number of hydrogen-bond acceptors (Lipinski definition) is 4. The van der Waals surface area contributed by atoms with E-state index < -0.39 is 9.84 Å². The third kappa shape index (κ3) is 2.68. The van der Waals surface area contributed by atoms with Gasteiger partial charge in [-0.1, -0.05) is 54.6 Å². The summed E-state index contributed by atoms with van der Waals surface area (Å²) >= 11 is 0. The van der Waals surface area contributed by atoms with Crippen LogP contribution in [-0.2, 0) is 16.3 Å². The normalized spacial score (nSPS) is 13.6. The minimum absolute atomic E-state index is 0.205. The lowest BCUT2D eigenvalue weighted by atomic mass is 10.1. The maximum atomic E-state index is 13.6. The lowest BCUT2D eigenvalue weighted by molar-refractivity contribution is 0.594. The number of fused-ring (bicyclic) bond motifs is 2. The van der Waals surface area contributed by atoms with Crippen LogP contribution in [0.3, 0.4) is 0 Å². The van der Waals surface area contributed by atoms with Crippen molar-refractivity contribution in [3.8, 4) is 0 Å². The Morgan fingerprint density at radius 3 is 2.00 bits per heavy atom. The molecule has 0 atom stereocenters. The summed E-state index contributed by atoms with van der Waals surface area (Å²) in [6, 6.07) is 24.9. The molecule has 1 aliphatic heterocycles. The van der Waals surface area contributed by atoms with Crippen molar-refractivity contribution in [1.82, 2.24) is 4.68 Å². The van der Waals surface area contributed by atoms with Gasteiger partial charge in [0.15, 0.2) is 0 Å². The molecule has 144 valence electrons. The number of rotatable bonds is 3. The third-order valence-electron chi connectivity index (χ3n) is 5.29. The second-order valence-electron chi connectivity index (χ2n) is 6.96. The summed E-state index contributed by atoms with van der Waals surface area (Å²) in [4.78, 5) is 13.8. The minimum atomic E-state index is -3.80. The van der Waals surface area contributed by atoms with Gasteiger partial charge in [0, 0.05) is 18.4 Å². The lowest BCUT2D eigenvalue weighted by Crippen LogP contribution is -2.36. The number of nitrogens with zero attached hydrogens (tertiary/aromatic N) is 2. The Balaban J connectivity index is 1.87. The average Bonchev–Trinajstić information content (AvgIpc) is 3.20. The van der Waals surface area contributed by atoms with Crippen molar-refractivity contribution in [2.24, 2.45) is 0 Å². The van der Waals surface area contributed by atoms with Gasteiger partial charge in [-0.3, -0.25) is 9.80 Å². The smallest absolute Gasteiger partial charge is 0.277 e. The van der Waals surface area contributed by atoms with Gasteiger partial charge in [-0.25, -0.2) is 13.1 Å². The first-order valence-corrected chi connectivity index (χ1v) is 10.9.